The Labute approximate surface area is 179 Å². The van der Waals surface area contributed by atoms with Crippen molar-refractivity contribution in [1.29, 1.82) is 0 Å². The van der Waals surface area contributed by atoms with E-state index in [2.05, 4.69) is 10.6 Å². The van der Waals surface area contributed by atoms with E-state index in [9.17, 15) is 18.0 Å². The van der Waals surface area contributed by atoms with Crippen LogP contribution in [0.4, 0.5) is 11.4 Å². The maximum Gasteiger partial charge on any atom is 0.262 e. The summed E-state index contributed by atoms with van der Waals surface area (Å²) in [7, 11) is -4.06. The molecule has 4 rings (SSSR count). The number of rotatable bonds is 4. The average Bonchev–Trinajstić information content (AvgIpc) is 3.18. The minimum atomic E-state index is -4.06. The Bertz CT molecular complexity index is 1140. The third-order valence-electron chi connectivity index (χ3n) is 5.05. The average molecular weight is 450 g/mol. The van der Waals surface area contributed by atoms with Crippen molar-refractivity contribution in [2.24, 2.45) is 0 Å². The molecule has 2 aliphatic heterocycles. The summed E-state index contributed by atoms with van der Waals surface area (Å²) in [6.07, 6.45) is 0.965. The minimum absolute atomic E-state index is 0.0516. The molecule has 0 saturated carbocycles. The highest BCUT2D eigenvalue weighted by Crippen LogP contribution is 2.38. The maximum atomic E-state index is 13.3. The molecule has 2 aromatic rings. The van der Waals surface area contributed by atoms with Gasteiger partial charge in [0.25, 0.3) is 5.91 Å². The molecule has 0 aromatic heterocycles. The molecule has 0 bridgehead atoms. The SMILES string of the molecule is Cc1cccc(NC(=O)[C@H]2CCCN2S(=O)(=O)c2cc3c(cc2Cl)NC(=O)CO3)c1. The van der Waals surface area contributed by atoms with Crippen LogP contribution in [-0.2, 0) is 19.6 Å². The lowest BCUT2D eigenvalue weighted by molar-refractivity contribution is -0.119. The molecule has 0 spiro atoms. The van der Waals surface area contributed by atoms with E-state index >= 15 is 0 Å². The van der Waals surface area contributed by atoms with Crippen LogP contribution in [0.1, 0.15) is 18.4 Å². The number of hydrogen-bond acceptors (Lipinski definition) is 5. The number of sulfonamides is 1. The van der Waals surface area contributed by atoms with Crippen LogP contribution in [0, 0.1) is 6.92 Å². The largest absolute Gasteiger partial charge is 0.482 e. The predicted molar refractivity (Wildman–Crippen MR) is 112 cm³/mol. The number of nitrogens with zero attached hydrogens (tertiary/aromatic N) is 1. The van der Waals surface area contributed by atoms with E-state index in [1.165, 1.54) is 16.4 Å². The number of benzene rings is 2. The molecule has 8 nitrogen and oxygen atoms in total. The fraction of sp³-hybridized carbons (Fsp3) is 0.300. The normalized spacial score (nSPS) is 19.0. The molecule has 1 atom stereocenters. The van der Waals surface area contributed by atoms with Crippen LogP contribution in [0.2, 0.25) is 5.02 Å². The van der Waals surface area contributed by atoms with Crippen LogP contribution >= 0.6 is 11.6 Å². The third-order valence-corrected chi connectivity index (χ3v) is 7.42. The first-order chi connectivity index (χ1) is 14.3. The van der Waals surface area contributed by atoms with Crippen LogP contribution < -0.4 is 15.4 Å². The molecule has 0 aliphatic carbocycles. The fourth-order valence-electron chi connectivity index (χ4n) is 3.64. The minimum Gasteiger partial charge on any atom is -0.482 e. The molecule has 2 aliphatic rings. The summed E-state index contributed by atoms with van der Waals surface area (Å²) in [5.74, 6) is -0.515. The molecule has 2 heterocycles. The van der Waals surface area contributed by atoms with Gasteiger partial charge in [0.05, 0.1) is 10.7 Å². The lowest BCUT2D eigenvalue weighted by atomic mass is 10.2. The fourth-order valence-corrected chi connectivity index (χ4v) is 5.82. The first-order valence-corrected chi connectivity index (χ1v) is 11.2. The van der Waals surface area contributed by atoms with Gasteiger partial charge in [-0.15, -0.1) is 0 Å². The zero-order chi connectivity index (χ0) is 21.5. The number of nitrogens with one attached hydrogen (secondary N) is 2. The maximum absolute atomic E-state index is 13.3. The summed E-state index contributed by atoms with van der Waals surface area (Å²) in [6, 6.07) is 9.09. The number of fused-ring (bicyclic) bond motifs is 1. The Balaban J connectivity index is 1.62. The van der Waals surface area contributed by atoms with E-state index in [0.29, 0.717) is 24.2 Å². The summed E-state index contributed by atoms with van der Waals surface area (Å²) in [4.78, 5) is 24.2. The van der Waals surface area contributed by atoms with E-state index in [1.807, 2.05) is 25.1 Å². The van der Waals surface area contributed by atoms with Gasteiger partial charge in [-0.2, -0.15) is 4.31 Å². The van der Waals surface area contributed by atoms with Crippen molar-refractivity contribution in [1.82, 2.24) is 4.31 Å². The summed E-state index contributed by atoms with van der Waals surface area (Å²) in [5, 5.41) is 5.33. The van der Waals surface area contributed by atoms with Crippen molar-refractivity contribution in [3.05, 3.63) is 47.0 Å². The van der Waals surface area contributed by atoms with Crippen molar-refractivity contribution in [3.8, 4) is 5.75 Å². The lowest BCUT2D eigenvalue weighted by Gasteiger charge is -2.25. The summed E-state index contributed by atoms with van der Waals surface area (Å²) in [6.45, 7) is 1.91. The second kappa shape index (κ2) is 7.90. The highest BCUT2D eigenvalue weighted by Gasteiger charge is 2.41. The van der Waals surface area contributed by atoms with Gasteiger partial charge in [-0.25, -0.2) is 8.42 Å². The number of anilines is 2. The number of amides is 2. The molecule has 0 unspecified atom stereocenters. The molecule has 1 saturated heterocycles. The molecule has 2 aromatic carbocycles. The highest BCUT2D eigenvalue weighted by molar-refractivity contribution is 7.89. The monoisotopic (exact) mass is 449 g/mol. The van der Waals surface area contributed by atoms with Gasteiger partial charge in [-0.05, 0) is 43.5 Å². The van der Waals surface area contributed by atoms with E-state index in [1.54, 1.807) is 6.07 Å². The number of ether oxygens (including phenoxy) is 1. The van der Waals surface area contributed by atoms with Crippen LogP contribution in [-0.4, -0.2) is 43.7 Å². The van der Waals surface area contributed by atoms with Crippen LogP contribution in [0.3, 0.4) is 0 Å². The molecule has 30 heavy (non-hydrogen) atoms. The smallest absolute Gasteiger partial charge is 0.262 e. The molecular weight excluding hydrogens is 430 g/mol. The van der Waals surface area contributed by atoms with Gasteiger partial charge in [0.1, 0.15) is 16.7 Å². The number of carbonyl (C=O) groups is 2. The van der Waals surface area contributed by atoms with Crippen molar-refractivity contribution in [2.75, 3.05) is 23.8 Å². The highest BCUT2D eigenvalue weighted by atomic mass is 35.5. The van der Waals surface area contributed by atoms with E-state index in [0.717, 1.165) is 5.56 Å². The summed E-state index contributed by atoms with van der Waals surface area (Å²) < 4.78 is 33.2. The standard InChI is InChI=1S/C20H20ClN3O5S/c1-12-4-2-5-13(8-12)22-20(26)16-6-3-7-24(16)30(27,28)18-10-17-15(9-14(18)21)23-19(25)11-29-17/h2,4-5,8-10,16H,3,6-7,11H2,1H3,(H,22,26)(H,23,25)/t16-/m1/s1. The molecule has 10 heteroatoms. The first-order valence-electron chi connectivity index (χ1n) is 9.41. The molecular formula is C20H20ClN3O5S. The zero-order valence-electron chi connectivity index (χ0n) is 16.1. The van der Waals surface area contributed by atoms with Crippen molar-refractivity contribution < 1.29 is 22.7 Å². The Hall–Kier alpha value is -2.62. The van der Waals surface area contributed by atoms with Crippen LogP contribution in [0.5, 0.6) is 5.75 Å². The molecule has 158 valence electrons. The van der Waals surface area contributed by atoms with Gasteiger partial charge in [-0.1, -0.05) is 23.7 Å². The van der Waals surface area contributed by atoms with E-state index < -0.39 is 16.1 Å². The number of halogens is 1. The molecule has 2 N–H and O–H groups in total. The number of hydrogen-bond donors (Lipinski definition) is 2. The van der Waals surface area contributed by atoms with Gasteiger partial charge in [-0.3, -0.25) is 9.59 Å². The van der Waals surface area contributed by atoms with E-state index in [4.69, 9.17) is 16.3 Å². The Morgan fingerprint density at radius 3 is 2.87 bits per heavy atom. The van der Waals surface area contributed by atoms with Gasteiger partial charge >= 0.3 is 0 Å². The van der Waals surface area contributed by atoms with Gasteiger partial charge in [0.2, 0.25) is 15.9 Å². The number of carbonyl (C=O) groups excluding carboxylic acids is 2. The Kier molecular flexibility index (Phi) is 5.44. The molecule has 2 amide bonds. The van der Waals surface area contributed by atoms with Crippen molar-refractivity contribution >= 4 is 44.8 Å². The van der Waals surface area contributed by atoms with Crippen LogP contribution in [0.15, 0.2) is 41.3 Å². The first kappa shape index (κ1) is 20.6. The second-order valence-electron chi connectivity index (χ2n) is 7.25. The van der Waals surface area contributed by atoms with Crippen molar-refractivity contribution in [2.45, 2.75) is 30.7 Å². The second-order valence-corrected chi connectivity index (χ2v) is 9.51. The number of aryl methyl sites for hydroxylation is 1. The van der Waals surface area contributed by atoms with Gasteiger partial charge in [0, 0.05) is 18.3 Å². The predicted octanol–water partition coefficient (Wildman–Crippen LogP) is 2.77. The molecule has 1 fully saturated rings. The Morgan fingerprint density at radius 1 is 1.30 bits per heavy atom. The van der Waals surface area contributed by atoms with E-state index in [-0.39, 0.29) is 40.6 Å². The quantitative estimate of drug-likeness (QED) is 0.746. The molecule has 0 radical (unpaired) electrons. The topological polar surface area (TPSA) is 105 Å². The van der Waals surface area contributed by atoms with Gasteiger partial charge < -0.3 is 15.4 Å². The zero-order valence-corrected chi connectivity index (χ0v) is 17.7. The third kappa shape index (κ3) is 3.88. The van der Waals surface area contributed by atoms with Crippen molar-refractivity contribution in [3.63, 3.8) is 0 Å². The lowest BCUT2D eigenvalue weighted by Crippen LogP contribution is -2.43. The van der Waals surface area contributed by atoms with Crippen LogP contribution in [0.25, 0.3) is 0 Å². The van der Waals surface area contributed by atoms with Gasteiger partial charge in [0.15, 0.2) is 6.61 Å². The summed E-state index contributed by atoms with van der Waals surface area (Å²) in [5.41, 5.74) is 1.90. The summed E-state index contributed by atoms with van der Waals surface area (Å²) >= 11 is 6.23. The Morgan fingerprint density at radius 2 is 2.10 bits per heavy atom.